The minimum Gasteiger partial charge on any atom is -0.390 e. The van der Waals surface area contributed by atoms with Crippen LogP contribution in [0.2, 0.25) is 0 Å². The number of sulfone groups is 1. The predicted octanol–water partition coefficient (Wildman–Crippen LogP) is 1.56. The van der Waals surface area contributed by atoms with Crippen molar-refractivity contribution in [1.29, 1.82) is 0 Å². The lowest BCUT2D eigenvalue weighted by atomic mass is 10.1. The Kier molecular flexibility index (Phi) is 3.64. The Balaban J connectivity index is 3.25. The average Bonchev–Trinajstić information content (AvgIpc) is 2.29. The van der Waals surface area contributed by atoms with Crippen LogP contribution in [0.3, 0.4) is 0 Å². The summed E-state index contributed by atoms with van der Waals surface area (Å²) in [5.74, 6) is -3.57. The highest BCUT2D eigenvalue weighted by molar-refractivity contribution is 7.91. The van der Waals surface area contributed by atoms with Gasteiger partial charge in [0.25, 0.3) is 5.92 Å². The van der Waals surface area contributed by atoms with Crippen molar-refractivity contribution in [2.24, 2.45) is 0 Å². The topological polar surface area (TPSA) is 54.4 Å². The van der Waals surface area contributed by atoms with Crippen LogP contribution < -0.4 is 0 Å². The molecular weight excluding hydrogens is 238 g/mol. The summed E-state index contributed by atoms with van der Waals surface area (Å²) in [7, 11) is -3.50. The Hall–Kier alpha value is -1.01. The average molecular weight is 250 g/mol. The van der Waals surface area contributed by atoms with Gasteiger partial charge >= 0.3 is 0 Å². The number of aliphatic hydroxyl groups is 1. The number of benzene rings is 1. The third-order valence-corrected chi connectivity index (χ3v) is 3.93. The Morgan fingerprint density at radius 3 is 2.50 bits per heavy atom. The van der Waals surface area contributed by atoms with Crippen LogP contribution >= 0.6 is 0 Å². The summed E-state index contributed by atoms with van der Waals surface area (Å²) in [4.78, 5) is -0.152. The highest BCUT2D eigenvalue weighted by Gasteiger charge is 2.31. The number of rotatable bonds is 4. The normalized spacial score (nSPS) is 12.8. The molecule has 1 rings (SSSR count). The quantitative estimate of drug-likeness (QED) is 0.882. The minimum atomic E-state index is -3.50. The molecule has 1 N–H and O–H groups in total. The third-order valence-electron chi connectivity index (χ3n) is 2.19. The molecule has 0 radical (unpaired) electrons. The van der Waals surface area contributed by atoms with Crippen LogP contribution in [0.4, 0.5) is 8.78 Å². The van der Waals surface area contributed by atoms with Crippen molar-refractivity contribution >= 4 is 9.84 Å². The van der Waals surface area contributed by atoms with E-state index in [2.05, 4.69) is 0 Å². The number of hydrogen-bond donors (Lipinski definition) is 1. The van der Waals surface area contributed by atoms with E-state index in [0.29, 0.717) is 0 Å². The maximum atomic E-state index is 13.1. The summed E-state index contributed by atoms with van der Waals surface area (Å²) in [5, 5.41) is 8.50. The number of aliphatic hydroxyl groups excluding tert-OH is 1. The molecule has 3 nitrogen and oxygen atoms in total. The molecule has 0 bridgehead atoms. The SMILES string of the molecule is CCS(=O)(=O)c1cccc(C(F)(F)CO)c1. The van der Waals surface area contributed by atoms with Crippen molar-refractivity contribution in [2.45, 2.75) is 17.7 Å². The largest absolute Gasteiger partial charge is 0.390 e. The molecule has 0 aliphatic rings. The van der Waals surface area contributed by atoms with Crippen molar-refractivity contribution in [3.05, 3.63) is 29.8 Å². The van der Waals surface area contributed by atoms with Crippen LogP contribution in [-0.2, 0) is 15.8 Å². The molecule has 0 heterocycles. The van der Waals surface area contributed by atoms with E-state index in [1.807, 2.05) is 0 Å². The second-order valence-electron chi connectivity index (χ2n) is 3.29. The Morgan fingerprint density at radius 1 is 1.38 bits per heavy atom. The van der Waals surface area contributed by atoms with Gasteiger partial charge in [-0.25, -0.2) is 8.42 Å². The van der Waals surface area contributed by atoms with Gasteiger partial charge in [0.05, 0.1) is 10.6 Å². The molecule has 0 fully saturated rings. The molecule has 1 aromatic carbocycles. The molecule has 6 heteroatoms. The summed E-state index contributed by atoms with van der Waals surface area (Å²) in [5.41, 5.74) is -0.496. The van der Waals surface area contributed by atoms with E-state index in [9.17, 15) is 17.2 Å². The van der Waals surface area contributed by atoms with Crippen LogP contribution in [-0.4, -0.2) is 25.9 Å². The molecule has 0 aliphatic heterocycles. The zero-order valence-electron chi connectivity index (χ0n) is 8.65. The molecule has 0 amide bonds. The van der Waals surface area contributed by atoms with Crippen LogP contribution in [0, 0.1) is 0 Å². The Bertz CT molecular complexity index is 469. The molecule has 16 heavy (non-hydrogen) atoms. The van der Waals surface area contributed by atoms with E-state index in [1.165, 1.54) is 19.1 Å². The van der Waals surface area contributed by atoms with Crippen LogP contribution in [0.1, 0.15) is 12.5 Å². The van der Waals surface area contributed by atoms with Gasteiger partial charge in [-0.1, -0.05) is 19.1 Å². The lowest BCUT2D eigenvalue weighted by Gasteiger charge is -2.14. The van der Waals surface area contributed by atoms with E-state index >= 15 is 0 Å². The summed E-state index contributed by atoms with van der Waals surface area (Å²) >= 11 is 0. The van der Waals surface area contributed by atoms with Gasteiger partial charge in [0.2, 0.25) is 0 Å². The number of halogens is 2. The van der Waals surface area contributed by atoms with Gasteiger partial charge in [-0.3, -0.25) is 0 Å². The van der Waals surface area contributed by atoms with E-state index < -0.39 is 27.9 Å². The molecule has 0 spiro atoms. The van der Waals surface area contributed by atoms with Crippen LogP contribution in [0.5, 0.6) is 0 Å². The van der Waals surface area contributed by atoms with Crippen molar-refractivity contribution in [2.75, 3.05) is 12.4 Å². The monoisotopic (exact) mass is 250 g/mol. The Morgan fingerprint density at radius 2 is 2.00 bits per heavy atom. The molecular formula is C10H12F2O3S. The van der Waals surface area contributed by atoms with Gasteiger partial charge in [0, 0.05) is 5.56 Å². The van der Waals surface area contributed by atoms with Crippen molar-refractivity contribution < 1.29 is 22.3 Å². The number of alkyl halides is 2. The van der Waals surface area contributed by atoms with E-state index in [4.69, 9.17) is 5.11 Å². The fourth-order valence-corrected chi connectivity index (χ4v) is 2.10. The summed E-state index contributed by atoms with van der Waals surface area (Å²) in [6.07, 6.45) is 0. The standard InChI is InChI=1S/C10H12F2O3S/c1-2-16(14,15)9-5-3-4-8(6-9)10(11,12)7-13/h3-6,13H,2,7H2,1H3. The van der Waals surface area contributed by atoms with E-state index in [1.54, 1.807) is 0 Å². The Labute approximate surface area is 92.6 Å². The maximum Gasteiger partial charge on any atom is 0.295 e. The second kappa shape index (κ2) is 4.47. The van der Waals surface area contributed by atoms with Crippen molar-refractivity contribution in [3.8, 4) is 0 Å². The predicted molar refractivity (Wildman–Crippen MR) is 55.1 cm³/mol. The highest BCUT2D eigenvalue weighted by Crippen LogP contribution is 2.28. The first-order chi connectivity index (χ1) is 7.33. The van der Waals surface area contributed by atoms with Crippen LogP contribution in [0.25, 0.3) is 0 Å². The van der Waals surface area contributed by atoms with Crippen molar-refractivity contribution in [3.63, 3.8) is 0 Å². The zero-order valence-corrected chi connectivity index (χ0v) is 9.47. The summed E-state index contributed by atoms with van der Waals surface area (Å²) in [6.45, 7) is 0.0921. The molecule has 0 unspecified atom stereocenters. The minimum absolute atomic E-state index is 0.152. The molecule has 0 saturated carbocycles. The molecule has 0 atom stereocenters. The summed E-state index contributed by atoms with van der Waals surface area (Å²) < 4.78 is 49.1. The van der Waals surface area contributed by atoms with E-state index in [0.717, 1.165) is 12.1 Å². The maximum absolute atomic E-state index is 13.1. The number of hydrogen-bond acceptors (Lipinski definition) is 3. The second-order valence-corrected chi connectivity index (χ2v) is 5.57. The van der Waals surface area contributed by atoms with Gasteiger partial charge < -0.3 is 5.11 Å². The summed E-state index contributed by atoms with van der Waals surface area (Å²) in [6, 6.07) is 4.48. The fraction of sp³-hybridized carbons (Fsp3) is 0.400. The lowest BCUT2D eigenvalue weighted by molar-refractivity contribution is -0.0557. The van der Waals surface area contributed by atoms with Gasteiger partial charge in [0.15, 0.2) is 9.84 Å². The highest BCUT2D eigenvalue weighted by atomic mass is 32.2. The third kappa shape index (κ3) is 2.56. The van der Waals surface area contributed by atoms with Crippen LogP contribution in [0.15, 0.2) is 29.2 Å². The first-order valence-electron chi connectivity index (χ1n) is 4.65. The van der Waals surface area contributed by atoms with Gasteiger partial charge in [-0.05, 0) is 12.1 Å². The van der Waals surface area contributed by atoms with Crippen molar-refractivity contribution in [1.82, 2.24) is 0 Å². The fourth-order valence-electron chi connectivity index (χ4n) is 1.18. The molecule has 90 valence electrons. The van der Waals surface area contributed by atoms with Gasteiger partial charge in [-0.15, -0.1) is 0 Å². The zero-order chi connectivity index (χ0) is 12.4. The molecule has 0 saturated heterocycles. The van der Waals surface area contributed by atoms with Gasteiger partial charge in [0.1, 0.15) is 6.61 Å². The molecule has 0 aliphatic carbocycles. The smallest absolute Gasteiger partial charge is 0.295 e. The van der Waals surface area contributed by atoms with E-state index in [-0.39, 0.29) is 10.6 Å². The lowest BCUT2D eigenvalue weighted by Crippen LogP contribution is -2.19. The van der Waals surface area contributed by atoms with Gasteiger partial charge in [-0.2, -0.15) is 8.78 Å². The first-order valence-corrected chi connectivity index (χ1v) is 6.30. The first kappa shape index (κ1) is 13.1. The molecule has 0 aromatic heterocycles. The molecule has 1 aromatic rings.